The summed E-state index contributed by atoms with van der Waals surface area (Å²) in [4.78, 5) is 0. The molecule has 0 fully saturated rings. The first-order valence-electron chi connectivity index (χ1n) is 5.72. The third kappa shape index (κ3) is 5.26. The Hall–Kier alpha value is -0.280. The Morgan fingerprint density at radius 1 is 1.29 bits per heavy atom. The van der Waals surface area contributed by atoms with Crippen molar-refractivity contribution >= 4 is 23.2 Å². The zero-order chi connectivity index (χ0) is 13.1. The molecule has 17 heavy (non-hydrogen) atoms. The standard InChI is InChI=1S/C13H20Cl2N2/c1-13(2,3)8-11(17-16)6-9-4-5-10(14)7-12(9)15/h4-5,7,11,17H,6,8,16H2,1-3H3. The Kier molecular flexibility index (Phi) is 5.26. The van der Waals surface area contributed by atoms with Gasteiger partial charge in [0, 0.05) is 16.1 Å². The van der Waals surface area contributed by atoms with Crippen molar-refractivity contribution in [2.45, 2.75) is 39.7 Å². The van der Waals surface area contributed by atoms with Crippen LogP contribution in [0.3, 0.4) is 0 Å². The van der Waals surface area contributed by atoms with Crippen LogP contribution in [0, 0.1) is 5.41 Å². The molecule has 0 amide bonds. The highest BCUT2D eigenvalue weighted by atomic mass is 35.5. The number of rotatable bonds is 4. The molecule has 0 bridgehead atoms. The summed E-state index contributed by atoms with van der Waals surface area (Å²) in [5.74, 6) is 5.59. The molecule has 0 radical (unpaired) electrons. The van der Waals surface area contributed by atoms with Crippen LogP contribution in [0.5, 0.6) is 0 Å². The van der Waals surface area contributed by atoms with Crippen LogP contribution in [-0.2, 0) is 6.42 Å². The van der Waals surface area contributed by atoms with E-state index in [-0.39, 0.29) is 11.5 Å². The van der Waals surface area contributed by atoms with E-state index in [9.17, 15) is 0 Å². The lowest BCUT2D eigenvalue weighted by atomic mass is 9.86. The van der Waals surface area contributed by atoms with Gasteiger partial charge in [0.1, 0.15) is 0 Å². The fourth-order valence-electron chi connectivity index (χ4n) is 1.88. The highest BCUT2D eigenvalue weighted by molar-refractivity contribution is 6.35. The molecule has 4 heteroatoms. The number of nitrogens with two attached hydrogens (primary N) is 1. The van der Waals surface area contributed by atoms with Gasteiger partial charge >= 0.3 is 0 Å². The molecule has 1 aromatic rings. The number of nitrogens with one attached hydrogen (secondary N) is 1. The van der Waals surface area contributed by atoms with Crippen molar-refractivity contribution in [2.75, 3.05) is 0 Å². The predicted molar refractivity (Wildman–Crippen MR) is 75.3 cm³/mol. The second-order valence-corrected chi connectivity index (χ2v) is 6.41. The number of halogens is 2. The van der Waals surface area contributed by atoms with Crippen molar-refractivity contribution < 1.29 is 0 Å². The summed E-state index contributed by atoms with van der Waals surface area (Å²) in [6, 6.07) is 5.79. The van der Waals surface area contributed by atoms with Gasteiger partial charge < -0.3 is 0 Å². The van der Waals surface area contributed by atoms with Gasteiger partial charge in [-0.25, -0.2) is 0 Å². The minimum atomic E-state index is 0.216. The second kappa shape index (κ2) is 6.05. The van der Waals surface area contributed by atoms with Gasteiger partial charge in [0.05, 0.1) is 0 Å². The third-order valence-corrected chi connectivity index (χ3v) is 3.16. The van der Waals surface area contributed by atoms with Crippen molar-refractivity contribution in [1.29, 1.82) is 0 Å². The summed E-state index contributed by atoms with van der Waals surface area (Å²) in [6.07, 6.45) is 1.80. The Bertz CT molecular complexity index is 372. The van der Waals surface area contributed by atoms with Crippen LogP contribution in [0.25, 0.3) is 0 Å². The van der Waals surface area contributed by atoms with Gasteiger partial charge in [0.15, 0.2) is 0 Å². The Labute approximate surface area is 113 Å². The van der Waals surface area contributed by atoms with E-state index in [1.807, 2.05) is 12.1 Å². The molecule has 96 valence electrons. The largest absolute Gasteiger partial charge is 0.271 e. The molecule has 0 aliphatic heterocycles. The van der Waals surface area contributed by atoms with E-state index < -0.39 is 0 Å². The maximum Gasteiger partial charge on any atom is 0.0453 e. The highest BCUT2D eigenvalue weighted by Gasteiger charge is 2.18. The fourth-order valence-corrected chi connectivity index (χ4v) is 2.37. The van der Waals surface area contributed by atoms with E-state index in [0.717, 1.165) is 18.4 Å². The summed E-state index contributed by atoms with van der Waals surface area (Å²) < 4.78 is 0. The van der Waals surface area contributed by atoms with Crippen LogP contribution in [0.15, 0.2) is 18.2 Å². The summed E-state index contributed by atoms with van der Waals surface area (Å²) in [5, 5.41) is 1.36. The fraction of sp³-hybridized carbons (Fsp3) is 0.538. The molecule has 3 N–H and O–H groups in total. The van der Waals surface area contributed by atoms with Gasteiger partial charge in [0.2, 0.25) is 0 Å². The number of hydrazine groups is 1. The minimum Gasteiger partial charge on any atom is -0.271 e. The maximum atomic E-state index is 6.15. The van der Waals surface area contributed by atoms with E-state index in [0.29, 0.717) is 10.0 Å². The third-order valence-electron chi connectivity index (χ3n) is 2.58. The summed E-state index contributed by atoms with van der Waals surface area (Å²) in [5.41, 5.74) is 4.16. The highest BCUT2D eigenvalue weighted by Crippen LogP contribution is 2.26. The second-order valence-electron chi connectivity index (χ2n) is 5.57. The molecular formula is C13H20Cl2N2. The van der Waals surface area contributed by atoms with E-state index in [4.69, 9.17) is 29.0 Å². The Morgan fingerprint density at radius 2 is 1.94 bits per heavy atom. The molecule has 1 aromatic carbocycles. The SMILES string of the molecule is CC(C)(C)CC(Cc1ccc(Cl)cc1Cl)NN. The molecule has 2 nitrogen and oxygen atoms in total. The lowest BCUT2D eigenvalue weighted by Gasteiger charge is -2.25. The number of hydrogen-bond acceptors (Lipinski definition) is 2. The lowest BCUT2D eigenvalue weighted by molar-refractivity contribution is 0.308. The normalized spacial score (nSPS) is 13.8. The quantitative estimate of drug-likeness (QED) is 0.648. The Balaban J connectivity index is 2.74. The smallest absolute Gasteiger partial charge is 0.0453 e. The lowest BCUT2D eigenvalue weighted by Crippen LogP contribution is -2.39. The monoisotopic (exact) mass is 274 g/mol. The zero-order valence-corrected chi connectivity index (χ0v) is 12.1. The van der Waals surface area contributed by atoms with E-state index in [1.165, 1.54) is 0 Å². The van der Waals surface area contributed by atoms with Crippen molar-refractivity contribution in [2.24, 2.45) is 11.3 Å². The van der Waals surface area contributed by atoms with Crippen LogP contribution in [0.1, 0.15) is 32.8 Å². The number of hydrogen-bond donors (Lipinski definition) is 2. The Morgan fingerprint density at radius 3 is 2.41 bits per heavy atom. The van der Waals surface area contributed by atoms with Crippen LogP contribution < -0.4 is 11.3 Å². The molecule has 0 heterocycles. The van der Waals surface area contributed by atoms with Gasteiger partial charge in [-0.1, -0.05) is 50.0 Å². The van der Waals surface area contributed by atoms with Crippen molar-refractivity contribution in [3.63, 3.8) is 0 Å². The predicted octanol–water partition coefficient (Wildman–Crippen LogP) is 3.80. The van der Waals surface area contributed by atoms with Crippen LogP contribution >= 0.6 is 23.2 Å². The molecular weight excluding hydrogens is 255 g/mol. The summed E-state index contributed by atoms with van der Waals surface area (Å²) >= 11 is 12.0. The average Bonchev–Trinajstić information content (AvgIpc) is 2.19. The number of benzene rings is 1. The zero-order valence-electron chi connectivity index (χ0n) is 10.6. The molecule has 0 spiro atoms. The van der Waals surface area contributed by atoms with Crippen molar-refractivity contribution in [1.82, 2.24) is 5.43 Å². The van der Waals surface area contributed by atoms with Crippen LogP contribution in [0.4, 0.5) is 0 Å². The first-order valence-corrected chi connectivity index (χ1v) is 6.47. The molecule has 0 aliphatic rings. The minimum absolute atomic E-state index is 0.216. The van der Waals surface area contributed by atoms with E-state index >= 15 is 0 Å². The van der Waals surface area contributed by atoms with E-state index in [1.54, 1.807) is 6.07 Å². The van der Waals surface area contributed by atoms with Gasteiger partial charge in [-0.2, -0.15) is 0 Å². The van der Waals surface area contributed by atoms with Gasteiger partial charge in [0.25, 0.3) is 0 Å². The summed E-state index contributed by atoms with van der Waals surface area (Å²) in [7, 11) is 0. The first kappa shape index (κ1) is 14.8. The van der Waals surface area contributed by atoms with Crippen molar-refractivity contribution in [3.8, 4) is 0 Å². The van der Waals surface area contributed by atoms with Gasteiger partial charge in [-0.15, -0.1) is 0 Å². The molecule has 1 atom stereocenters. The summed E-state index contributed by atoms with van der Waals surface area (Å²) in [6.45, 7) is 6.59. The van der Waals surface area contributed by atoms with Crippen LogP contribution in [0.2, 0.25) is 10.0 Å². The molecule has 0 aliphatic carbocycles. The molecule has 0 aromatic heterocycles. The molecule has 0 saturated heterocycles. The van der Waals surface area contributed by atoms with Crippen LogP contribution in [-0.4, -0.2) is 6.04 Å². The first-order chi connectivity index (χ1) is 7.81. The van der Waals surface area contributed by atoms with E-state index in [2.05, 4.69) is 26.2 Å². The van der Waals surface area contributed by atoms with Crippen molar-refractivity contribution in [3.05, 3.63) is 33.8 Å². The topological polar surface area (TPSA) is 38.0 Å². The molecule has 1 rings (SSSR count). The maximum absolute atomic E-state index is 6.15. The average molecular weight is 275 g/mol. The molecule has 1 unspecified atom stereocenters. The van der Waals surface area contributed by atoms with Gasteiger partial charge in [-0.05, 0) is 36.0 Å². The van der Waals surface area contributed by atoms with Gasteiger partial charge in [-0.3, -0.25) is 11.3 Å². The molecule has 0 saturated carbocycles.